The van der Waals surface area contributed by atoms with Crippen LogP contribution < -0.4 is 14.8 Å². The van der Waals surface area contributed by atoms with Crippen molar-refractivity contribution in [1.29, 1.82) is 0 Å². The second-order valence-electron chi connectivity index (χ2n) is 8.06. The van der Waals surface area contributed by atoms with Crippen LogP contribution in [-0.2, 0) is 6.61 Å². The average molecular weight is 477 g/mol. The zero-order valence-electron chi connectivity index (χ0n) is 19.7. The van der Waals surface area contributed by atoms with E-state index in [1.807, 2.05) is 97.1 Å². The zero-order valence-corrected chi connectivity index (χ0v) is 19.7. The van der Waals surface area contributed by atoms with Crippen LogP contribution in [0.15, 0.2) is 114 Å². The molecule has 0 atom stereocenters. The van der Waals surface area contributed by atoms with Crippen molar-refractivity contribution in [1.82, 2.24) is 4.98 Å². The van der Waals surface area contributed by atoms with Gasteiger partial charge in [-0.1, -0.05) is 42.5 Å². The Labute approximate surface area is 209 Å². The minimum Gasteiger partial charge on any atom is -0.497 e. The second-order valence-corrected chi connectivity index (χ2v) is 8.06. The van der Waals surface area contributed by atoms with Crippen LogP contribution in [0.5, 0.6) is 11.5 Å². The number of carbonyl (C=O) groups excluding carboxylic acids is 1. The number of ether oxygens (including phenoxy) is 2. The Hall–Kier alpha value is -4.84. The molecular weight excluding hydrogens is 452 g/mol. The fraction of sp³-hybridized carbons (Fsp3) is 0.0667. The summed E-state index contributed by atoms with van der Waals surface area (Å²) in [6, 6.07) is 32.0. The highest BCUT2D eigenvalue weighted by Crippen LogP contribution is 2.29. The summed E-state index contributed by atoms with van der Waals surface area (Å²) in [6.07, 6.45) is 1.65. The Morgan fingerprint density at radius 2 is 1.53 bits per heavy atom. The van der Waals surface area contributed by atoms with Crippen LogP contribution in [0.1, 0.15) is 15.9 Å². The monoisotopic (exact) mass is 476 g/mol. The molecule has 0 aliphatic heterocycles. The maximum atomic E-state index is 13.1. The Morgan fingerprint density at radius 3 is 2.28 bits per heavy atom. The van der Waals surface area contributed by atoms with Crippen molar-refractivity contribution in [2.75, 3.05) is 12.4 Å². The van der Waals surface area contributed by atoms with E-state index >= 15 is 0 Å². The van der Waals surface area contributed by atoms with Crippen LogP contribution in [0.3, 0.4) is 0 Å². The predicted octanol–water partition coefficient (Wildman–Crippen LogP) is 6.85. The van der Waals surface area contributed by atoms with Crippen molar-refractivity contribution in [3.05, 3.63) is 120 Å². The molecule has 6 heteroatoms. The largest absolute Gasteiger partial charge is 0.497 e. The van der Waals surface area contributed by atoms with Crippen LogP contribution in [0.4, 0.5) is 5.69 Å². The molecular formula is C30H24N2O4. The molecule has 5 rings (SSSR count). The Balaban J connectivity index is 1.28. The van der Waals surface area contributed by atoms with E-state index in [-0.39, 0.29) is 5.91 Å². The number of rotatable bonds is 8. The van der Waals surface area contributed by atoms with E-state index < -0.39 is 0 Å². The summed E-state index contributed by atoms with van der Waals surface area (Å²) in [5, 5.41) is 2.94. The standard InChI is InChI=1S/C30H24N2O4/c1-34-24-15-11-22(12-16-24)28-19-31-30(36-28)27-10-6-5-9-26(27)29(33)32-23-13-17-25(18-14-23)35-20-21-7-3-2-4-8-21/h2-19H,20H2,1H3,(H,32,33). The van der Waals surface area contributed by atoms with Crippen LogP contribution in [0.25, 0.3) is 22.8 Å². The third kappa shape index (κ3) is 5.28. The number of carbonyl (C=O) groups is 1. The van der Waals surface area contributed by atoms with Crippen molar-refractivity contribution in [2.45, 2.75) is 6.61 Å². The summed E-state index contributed by atoms with van der Waals surface area (Å²) < 4.78 is 17.0. The molecule has 1 N–H and O–H groups in total. The van der Waals surface area contributed by atoms with Gasteiger partial charge in [-0.3, -0.25) is 4.79 Å². The van der Waals surface area contributed by atoms with Gasteiger partial charge < -0.3 is 19.2 Å². The fourth-order valence-corrected chi connectivity index (χ4v) is 3.73. The van der Waals surface area contributed by atoms with Gasteiger partial charge in [0, 0.05) is 16.8 Å². The molecule has 1 aromatic heterocycles. The Kier molecular flexibility index (Phi) is 6.76. The summed E-state index contributed by atoms with van der Waals surface area (Å²) in [6.45, 7) is 0.481. The van der Waals surface area contributed by atoms with Crippen LogP contribution in [0, 0.1) is 0 Å². The number of amides is 1. The molecule has 0 radical (unpaired) electrons. The number of nitrogens with one attached hydrogen (secondary N) is 1. The molecule has 36 heavy (non-hydrogen) atoms. The smallest absolute Gasteiger partial charge is 0.256 e. The van der Waals surface area contributed by atoms with E-state index in [2.05, 4.69) is 10.3 Å². The average Bonchev–Trinajstić information content (AvgIpc) is 3.43. The number of hydrogen-bond acceptors (Lipinski definition) is 5. The fourth-order valence-electron chi connectivity index (χ4n) is 3.73. The molecule has 1 heterocycles. The van der Waals surface area contributed by atoms with E-state index in [9.17, 15) is 4.79 Å². The maximum absolute atomic E-state index is 13.1. The first-order valence-corrected chi connectivity index (χ1v) is 11.5. The summed E-state index contributed by atoms with van der Waals surface area (Å²) >= 11 is 0. The van der Waals surface area contributed by atoms with Crippen molar-refractivity contribution < 1.29 is 18.7 Å². The molecule has 178 valence electrons. The van der Waals surface area contributed by atoms with Gasteiger partial charge in [0.25, 0.3) is 5.91 Å². The first-order chi connectivity index (χ1) is 17.7. The van der Waals surface area contributed by atoms with Gasteiger partial charge in [0.15, 0.2) is 5.76 Å². The lowest BCUT2D eigenvalue weighted by Gasteiger charge is -2.10. The molecule has 0 bridgehead atoms. The van der Waals surface area contributed by atoms with Crippen molar-refractivity contribution >= 4 is 11.6 Å². The molecule has 0 aliphatic carbocycles. The third-order valence-corrected chi connectivity index (χ3v) is 5.64. The van der Waals surface area contributed by atoms with Gasteiger partial charge in [-0.25, -0.2) is 4.98 Å². The molecule has 6 nitrogen and oxygen atoms in total. The third-order valence-electron chi connectivity index (χ3n) is 5.64. The van der Waals surface area contributed by atoms with E-state index in [1.54, 1.807) is 19.4 Å². The molecule has 0 fully saturated rings. The summed E-state index contributed by atoms with van der Waals surface area (Å²) in [5.41, 5.74) is 3.69. The molecule has 5 aromatic rings. The second kappa shape index (κ2) is 10.6. The first kappa shape index (κ1) is 22.9. The molecule has 0 aliphatic rings. The van der Waals surface area contributed by atoms with Crippen molar-refractivity contribution in [2.24, 2.45) is 0 Å². The van der Waals surface area contributed by atoms with Gasteiger partial charge in [0.05, 0.1) is 18.9 Å². The lowest BCUT2D eigenvalue weighted by Crippen LogP contribution is -2.13. The summed E-state index contributed by atoms with van der Waals surface area (Å²) in [7, 11) is 1.62. The Bertz CT molecular complexity index is 1440. The van der Waals surface area contributed by atoms with Gasteiger partial charge in [0.2, 0.25) is 5.89 Å². The minimum atomic E-state index is -0.257. The van der Waals surface area contributed by atoms with Crippen LogP contribution in [0.2, 0.25) is 0 Å². The van der Waals surface area contributed by atoms with E-state index in [0.717, 1.165) is 22.6 Å². The lowest BCUT2D eigenvalue weighted by atomic mass is 10.1. The first-order valence-electron chi connectivity index (χ1n) is 11.5. The molecule has 0 saturated heterocycles. The van der Waals surface area contributed by atoms with Crippen molar-refractivity contribution in [3.8, 4) is 34.3 Å². The number of oxazole rings is 1. The number of hydrogen-bond donors (Lipinski definition) is 1. The summed E-state index contributed by atoms with van der Waals surface area (Å²) in [5.74, 6) is 2.21. The number of methoxy groups -OCH3 is 1. The van der Waals surface area contributed by atoms with E-state index in [1.165, 1.54) is 0 Å². The summed E-state index contributed by atoms with van der Waals surface area (Å²) in [4.78, 5) is 17.5. The highest BCUT2D eigenvalue weighted by atomic mass is 16.5. The highest BCUT2D eigenvalue weighted by molar-refractivity contribution is 6.08. The molecule has 0 saturated carbocycles. The van der Waals surface area contributed by atoms with Crippen molar-refractivity contribution in [3.63, 3.8) is 0 Å². The predicted molar refractivity (Wildman–Crippen MR) is 139 cm³/mol. The van der Waals surface area contributed by atoms with Gasteiger partial charge >= 0.3 is 0 Å². The molecule has 0 unspecified atom stereocenters. The van der Waals surface area contributed by atoms with E-state index in [0.29, 0.717) is 35.1 Å². The molecule has 0 spiro atoms. The van der Waals surface area contributed by atoms with Gasteiger partial charge in [-0.2, -0.15) is 0 Å². The van der Waals surface area contributed by atoms with Crippen LogP contribution >= 0.6 is 0 Å². The maximum Gasteiger partial charge on any atom is 0.256 e. The van der Waals surface area contributed by atoms with E-state index in [4.69, 9.17) is 13.9 Å². The number of nitrogens with zero attached hydrogens (tertiary/aromatic N) is 1. The van der Waals surface area contributed by atoms with Gasteiger partial charge in [0.1, 0.15) is 18.1 Å². The quantitative estimate of drug-likeness (QED) is 0.265. The topological polar surface area (TPSA) is 73.6 Å². The molecule has 1 amide bonds. The van der Waals surface area contributed by atoms with Gasteiger partial charge in [-0.05, 0) is 66.2 Å². The lowest BCUT2D eigenvalue weighted by molar-refractivity contribution is 0.102. The molecule has 4 aromatic carbocycles. The number of anilines is 1. The van der Waals surface area contributed by atoms with Crippen LogP contribution in [-0.4, -0.2) is 18.0 Å². The minimum absolute atomic E-state index is 0.257. The SMILES string of the molecule is COc1ccc(-c2cnc(-c3ccccc3C(=O)Nc3ccc(OCc4ccccc4)cc3)o2)cc1. The Morgan fingerprint density at radius 1 is 0.833 bits per heavy atom. The van der Waals surface area contributed by atoms with Gasteiger partial charge in [-0.15, -0.1) is 0 Å². The number of aromatic nitrogens is 1. The zero-order chi connectivity index (χ0) is 24.7. The number of benzene rings is 4. The highest BCUT2D eigenvalue weighted by Gasteiger charge is 2.17. The normalized spacial score (nSPS) is 10.6.